The molecule has 1 saturated carbocycles. The first-order valence-corrected chi connectivity index (χ1v) is 4.53. The van der Waals surface area contributed by atoms with Crippen LogP contribution in [0.2, 0.25) is 0 Å². The van der Waals surface area contributed by atoms with E-state index in [1.165, 1.54) is 6.07 Å². The van der Waals surface area contributed by atoms with Crippen LogP contribution in [0.5, 0.6) is 0 Å². The predicted molar refractivity (Wildman–Crippen MR) is 49.5 cm³/mol. The topological polar surface area (TPSA) is 37.3 Å². The summed E-state index contributed by atoms with van der Waals surface area (Å²) in [7, 11) is 0. The summed E-state index contributed by atoms with van der Waals surface area (Å²) in [6.45, 7) is 1.80. The molecule has 2 unspecified atom stereocenters. The number of rotatable bonds is 2. The van der Waals surface area contributed by atoms with E-state index in [0.717, 1.165) is 0 Å². The van der Waals surface area contributed by atoms with Crippen LogP contribution in [0.1, 0.15) is 18.9 Å². The quantitative estimate of drug-likeness (QED) is 0.783. The molecule has 0 aromatic heterocycles. The van der Waals surface area contributed by atoms with Gasteiger partial charge in [-0.1, -0.05) is 25.1 Å². The van der Waals surface area contributed by atoms with Crippen molar-refractivity contribution in [1.29, 1.82) is 0 Å². The number of carbonyl (C=O) groups is 1. The Morgan fingerprint density at radius 1 is 1.57 bits per heavy atom. The number of carboxylic acids is 1. The number of aliphatic carboxylic acids is 1. The molecule has 74 valence electrons. The first-order chi connectivity index (χ1) is 6.55. The van der Waals surface area contributed by atoms with Crippen LogP contribution in [0.4, 0.5) is 4.39 Å². The molecule has 2 rings (SSSR count). The van der Waals surface area contributed by atoms with Crippen molar-refractivity contribution in [1.82, 2.24) is 0 Å². The minimum Gasteiger partial charge on any atom is -0.481 e. The minimum atomic E-state index is -0.837. The number of hydrogen-bond acceptors (Lipinski definition) is 1. The monoisotopic (exact) mass is 194 g/mol. The largest absolute Gasteiger partial charge is 0.481 e. The minimum absolute atomic E-state index is 0.307. The second kappa shape index (κ2) is 2.80. The van der Waals surface area contributed by atoms with Crippen molar-refractivity contribution in [2.75, 3.05) is 0 Å². The zero-order valence-corrected chi connectivity index (χ0v) is 7.83. The molecule has 0 bridgehead atoms. The van der Waals surface area contributed by atoms with E-state index in [0.29, 0.717) is 12.0 Å². The molecule has 1 aliphatic rings. The zero-order valence-electron chi connectivity index (χ0n) is 7.83. The first kappa shape index (κ1) is 9.19. The normalized spacial score (nSPS) is 30.0. The van der Waals surface area contributed by atoms with Gasteiger partial charge in [0.15, 0.2) is 0 Å². The van der Waals surface area contributed by atoms with Gasteiger partial charge in [0.05, 0.1) is 5.92 Å². The lowest BCUT2D eigenvalue weighted by molar-refractivity contribution is -0.138. The third-order valence-corrected chi connectivity index (χ3v) is 3.02. The highest BCUT2D eigenvalue weighted by Gasteiger charge is 2.56. The average molecular weight is 194 g/mol. The van der Waals surface area contributed by atoms with Crippen LogP contribution < -0.4 is 0 Å². The van der Waals surface area contributed by atoms with E-state index in [1.54, 1.807) is 25.1 Å². The Morgan fingerprint density at radius 2 is 2.21 bits per heavy atom. The Balaban J connectivity index is 2.34. The molecular weight excluding hydrogens is 183 g/mol. The van der Waals surface area contributed by atoms with E-state index >= 15 is 0 Å². The maximum absolute atomic E-state index is 13.4. The third-order valence-electron chi connectivity index (χ3n) is 3.02. The molecule has 1 aromatic rings. The zero-order chi connectivity index (χ0) is 10.3. The molecule has 0 radical (unpaired) electrons. The van der Waals surface area contributed by atoms with Gasteiger partial charge in [-0.05, 0) is 18.1 Å². The summed E-state index contributed by atoms with van der Waals surface area (Å²) in [4.78, 5) is 10.7. The Labute approximate surface area is 81.4 Å². The van der Waals surface area contributed by atoms with Crippen LogP contribution in [0.25, 0.3) is 0 Å². The van der Waals surface area contributed by atoms with Gasteiger partial charge >= 0.3 is 5.97 Å². The third kappa shape index (κ3) is 1.20. The van der Waals surface area contributed by atoms with Gasteiger partial charge in [0.2, 0.25) is 0 Å². The van der Waals surface area contributed by atoms with E-state index < -0.39 is 17.3 Å². The average Bonchev–Trinajstić information content (AvgIpc) is 2.80. The van der Waals surface area contributed by atoms with Crippen molar-refractivity contribution in [3.05, 3.63) is 35.6 Å². The predicted octanol–water partition coefficient (Wildman–Crippen LogP) is 2.19. The number of carboxylic acid groups (broad SMARTS) is 1. The van der Waals surface area contributed by atoms with Crippen molar-refractivity contribution in [3.8, 4) is 0 Å². The summed E-state index contributed by atoms with van der Waals surface area (Å²) in [5.41, 5.74) is 0.0179. The maximum Gasteiger partial charge on any atom is 0.307 e. The van der Waals surface area contributed by atoms with Crippen LogP contribution in [0, 0.1) is 11.7 Å². The molecule has 1 fully saturated rings. The molecule has 0 amide bonds. The van der Waals surface area contributed by atoms with E-state index in [-0.39, 0.29) is 5.82 Å². The van der Waals surface area contributed by atoms with E-state index in [2.05, 4.69) is 0 Å². The lowest BCUT2D eigenvalue weighted by Crippen LogP contribution is -2.12. The van der Waals surface area contributed by atoms with Crippen LogP contribution in [0.15, 0.2) is 24.3 Å². The first-order valence-electron chi connectivity index (χ1n) is 4.53. The second-order valence-electron chi connectivity index (χ2n) is 3.99. The molecule has 14 heavy (non-hydrogen) atoms. The van der Waals surface area contributed by atoms with Crippen molar-refractivity contribution in [3.63, 3.8) is 0 Å². The highest BCUT2D eigenvalue weighted by atomic mass is 19.1. The van der Waals surface area contributed by atoms with Crippen molar-refractivity contribution in [2.24, 2.45) is 5.92 Å². The van der Waals surface area contributed by atoms with Crippen LogP contribution in [-0.2, 0) is 10.2 Å². The summed E-state index contributed by atoms with van der Waals surface area (Å²) in [6.07, 6.45) is 0.531. The Hall–Kier alpha value is -1.38. The van der Waals surface area contributed by atoms with Gasteiger partial charge in [-0.2, -0.15) is 0 Å². The summed E-state index contributed by atoms with van der Waals surface area (Å²) < 4.78 is 13.4. The molecule has 1 N–H and O–H groups in total. The van der Waals surface area contributed by atoms with Crippen molar-refractivity contribution in [2.45, 2.75) is 18.8 Å². The van der Waals surface area contributed by atoms with Gasteiger partial charge in [-0.3, -0.25) is 4.79 Å². The van der Waals surface area contributed by atoms with E-state index in [9.17, 15) is 9.18 Å². The SMILES string of the molecule is CC1(c2ccccc2F)CC1C(=O)O. The number of hydrogen-bond donors (Lipinski definition) is 1. The highest BCUT2D eigenvalue weighted by molar-refractivity contribution is 5.77. The maximum atomic E-state index is 13.4. The lowest BCUT2D eigenvalue weighted by Gasteiger charge is -2.10. The fraction of sp³-hybridized carbons (Fsp3) is 0.364. The molecule has 0 spiro atoms. The summed E-state index contributed by atoms with van der Waals surface area (Å²) in [5.74, 6) is -1.58. The van der Waals surface area contributed by atoms with E-state index in [4.69, 9.17) is 5.11 Å². The summed E-state index contributed by atoms with van der Waals surface area (Å²) in [5, 5.41) is 8.82. The van der Waals surface area contributed by atoms with Gasteiger partial charge < -0.3 is 5.11 Å². The lowest BCUT2D eigenvalue weighted by atomic mass is 9.95. The van der Waals surface area contributed by atoms with Gasteiger partial charge in [-0.25, -0.2) is 4.39 Å². The number of benzene rings is 1. The molecule has 2 nitrogen and oxygen atoms in total. The summed E-state index contributed by atoms with van der Waals surface area (Å²) in [6, 6.07) is 6.39. The molecule has 2 atom stereocenters. The molecule has 0 heterocycles. The van der Waals surface area contributed by atoms with Gasteiger partial charge in [0.25, 0.3) is 0 Å². The molecule has 0 aliphatic heterocycles. The Kier molecular flexibility index (Phi) is 1.84. The molecule has 3 heteroatoms. The fourth-order valence-electron chi connectivity index (χ4n) is 1.95. The second-order valence-corrected chi connectivity index (χ2v) is 3.99. The standard InChI is InChI=1S/C11H11FO2/c1-11(6-8(11)10(13)14)7-4-2-3-5-9(7)12/h2-5,8H,6H2,1H3,(H,13,14). The van der Waals surface area contributed by atoms with E-state index in [1.807, 2.05) is 0 Å². The Bertz CT molecular complexity index is 389. The molecule has 1 aromatic carbocycles. The molecular formula is C11H11FO2. The van der Waals surface area contributed by atoms with Gasteiger partial charge in [0, 0.05) is 5.41 Å². The van der Waals surface area contributed by atoms with Crippen molar-refractivity contribution >= 4 is 5.97 Å². The summed E-state index contributed by atoms with van der Waals surface area (Å²) >= 11 is 0. The van der Waals surface area contributed by atoms with Crippen LogP contribution >= 0.6 is 0 Å². The Morgan fingerprint density at radius 3 is 2.71 bits per heavy atom. The van der Waals surface area contributed by atoms with Gasteiger partial charge in [0.1, 0.15) is 5.82 Å². The van der Waals surface area contributed by atoms with Gasteiger partial charge in [-0.15, -0.1) is 0 Å². The van der Waals surface area contributed by atoms with Crippen LogP contribution in [0.3, 0.4) is 0 Å². The molecule has 0 saturated heterocycles. The molecule has 1 aliphatic carbocycles. The fourth-order valence-corrected chi connectivity index (χ4v) is 1.95. The van der Waals surface area contributed by atoms with Crippen molar-refractivity contribution < 1.29 is 14.3 Å². The van der Waals surface area contributed by atoms with Crippen LogP contribution in [-0.4, -0.2) is 11.1 Å². The smallest absolute Gasteiger partial charge is 0.307 e. The highest BCUT2D eigenvalue weighted by Crippen LogP contribution is 2.54. The number of halogens is 1.